The monoisotopic (exact) mass is 431 g/mol. The maximum atomic E-state index is 13.0. The number of benzene rings is 3. The number of carbonyl (C=O) groups is 2. The van der Waals surface area contributed by atoms with Crippen molar-refractivity contribution in [3.05, 3.63) is 82.6 Å². The fourth-order valence-electron chi connectivity index (χ4n) is 3.80. The Morgan fingerprint density at radius 2 is 1.45 bits per heavy atom. The highest BCUT2D eigenvalue weighted by Gasteiger charge is 2.42. The van der Waals surface area contributed by atoms with Crippen molar-refractivity contribution in [2.24, 2.45) is 0 Å². The van der Waals surface area contributed by atoms with Gasteiger partial charge in [-0.3, -0.25) is 14.5 Å². The van der Waals surface area contributed by atoms with Crippen molar-refractivity contribution in [2.75, 3.05) is 0 Å². The van der Waals surface area contributed by atoms with Crippen molar-refractivity contribution in [3.8, 4) is 22.6 Å². The van der Waals surface area contributed by atoms with E-state index in [-0.39, 0.29) is 28.7 Å². The van der Waals surface area contributed by atoms with Crippen molar-refractivity contribution in [3.63, 3.8) is 0 Å². The number of nitrogens with zero attached hydrogens (tertiary/aromatic N) is 3. The van der Waals surface area contributed by atoms with E-state index in [0.717, 1.165) is 16.0 Å². The number of halogens is 1. The third-order valence-electron chi connectivity index (χ3n) is 5.24. The molecule has 2 heterocycles. The molecule has 2 N–H and O–H groups in total. The van der Waals surface area contributed by atoms with Gasteiger partial charge in [0.15, 0.2) is 11.5 Å². The largest absolute Gasteiger partial charge is 0.505 e. The molecule has 0 spiro atoms. The molecule has 0 saturated heterocycles. The summed E-state index contributed by atoms with van der Waals surface area (Å²) >= 11 is 6.29. The van der Waals surface area contributed by atoms with Crippen LogP contribution in [0.2, 0.25) is 5.02 Å². The molecule has 152 valence electrons. The summed E-state index contributed by atoms with van der Waals surface area (Å²) in [5.74, 6) is -2.35. The second-order valence-electron chi connectivity index (χ2n) is 7.08. The first-order valence-electron chi connectivity index (χ1n) is 9.36. The zero-order valence-corrected chi connectivity index (χ0v) is 16.7. The van der Waals surface area contributed by atoms with E-state index in [1.54, 1.807) is 12.1 Å². The van der Waals surface area contributed by atoms with Crippen LogP contribution in [-0.4, -0.2) is 36.9 Å². The van der Waals surface area contributed by atoms with E-state index in [2.05, 4.69) is 9.97 Å². The standard InChI is InChI=1S/C23H14ClN3O4/c24-15-7-2-1-6-14(15)13-5-3-4-12(10-13)11-27-22(30)16-17(23(27)31)21(29)19-18(20(16)28)25-8-9-26-19/h1-10,28-29H,11H2. The van der Waals surface area contributed by atoms with Crippen LogP contribution in [0.15, 0.2) is 60.9 Å². The highest BCUT2D eigenvalue weighted by atomic mass is 35.5. The number of carbonyl (C=O) groups excluding carboxylic acids is 2. The van der Waals surface area contributed by atoms with E-state index in [1.165, 1.54) is 12.4 Å². The molecule has 2 amide bonds. The zero-order valence-electron chi connectivity index (χ0n) is 15.9. The predicted octanol–water partition coefficient (Wildman–Crippen LogP) is 4.16. The Morgan fingerprint density at radius 3 is 2.06 bits per heavy atom. The molecule has 0 unspecified atom stereocenters. The van der Waals surface area contributed by atoms with Crippen LogP contribution in [0.5, 0.6) is 11.5 Å². The number of hydrogen-bond donors (Lipinski definition) is 2. The van der Waals surface area contributed by atoms with Gasteiger partial charge in [0, 0.05) is 23.0 Å². The Labute approximate surface area is 181 Å². The summed E-state index contributed by atoms with van der Waals surface area (Å²) in [4.78, 5) is 34.9. The number of rotatable bonds is 3. The Hall–Kier alpha value is -3.97. The molecule has 1 aromatic heterocycles. The maximum Gasteiger partial charge on any atom is 0.265 e. The first kappa shape index (κ1) is 19.0. The number of aromatic nitrogens is 2. The van der Waals surface area contributed by atoms with E-state index in [0.29, 0.717) is 10.6 Å². The van der Waals surface area contributed by atoms with Gasteiger partial charge in [-0.15, -0.1) is 0 Å². The van der Waals surface area contributed by atoms with Crippen LogP contribution < -0.4 is 0 Å². The molecule has 0 saturated carbocycles. The fourth-order valence-corrected chi connectivity index (χ4v) is 4.04. The lowest BCUT2D eigenvalue weighted by Crippen LogP contribution is -2.29. The Morgan fingerprint density at radius 1 is 0.839 bits per heavy atom. The highest BCUT2D eigenvalue weighted by molar-refractivity contribution is 6.33. The third-order valence-corrected chi connectivity index (χ3v) is 5.57. The topological polar surface area (TPSA) is 104 Å². The highest BCUT2D eigenvalue weighted by Crippen LogP contribution is 2.42. The number of fused-ring (bicyclic) bond motifs is 2. The van der Waals surface area contributed by atoms with Crippen LogP contribution in [0.1, 0.15) is 26.3 Å². The quantitative estimate of drug-likeness (QED) is 0.373. The molecule has 5 rings (SSSR count). The van der Waals surface area contributed by atoms with Gasteiger partial charge >= 0.3 is 0 Å². The lowest BCUT2D eigenvalue weighted by Gasteiger charge is -2.15. The number of phenols is 2. The van der Waals surface area contributed by atoms with Crippen LogP contribution in [-0.2, 0) is 6.54 Å². The lowest BCUT2D eigenvalue weighted by molar-refractivity contribution is 0.0641. The van der Waals surface area contributed by atoms with E-state index in [9.17, 15) is 19.8 Å². The SMILES string of the molecule is O=C1c2c(c(O)c3nccnc3c2O)C(=O)N1Cc1cccc(-c2ccccc2Cl)c1. The maximum absolute atomic E-state index is 13.0. The van der Waals surface area contributed by atoms with Crippen LogP contribution >= 0.6 is 11.6 Å². The van der Waals surface area contributed by atoms with Gasteiger partial charge < -0.3 is 10.2 Å². The number of aromatic hydroxyl groups is 2. The molecule has 0 fully saturated rings. The van der Waals surface area contributed by atoms with Gasteiger partial charge in [0.25, 0.3) is 11.8 Å². The number of amides is 2. The Bertz CT molecular complexity index is 1340. The second-order valence-corrected chi connectivity index (χ2v) is 7.48. The minimum Gasteiger partial charge on any atom is -0.505 e. The van der Waals surface area contributed by atoms with Gasteiger partial charge in [0.05, 0.1) is 6.54 Å². The molecule has 4 aromatic rings. The lowest BCUT2D eigenvalue weighted by atomic mass is 10.0. The Balaban J connectivity index is 1.55. The normalized spacial score (nSPS) is 13.1. The van der Waals surface area contributed by atoms with E-state index in [4.69, 9.17) is 11.6 Å². The summed E-state index contributed by atoms with van der Waals surface area (Å²) in [7, 11) is 0. The summed E-state index contributed by atoms with van der Waals surface area (Å²) < 4.78 is 0. The minimum atomic E-state index is -0.705. The van der Waals surface area contributed by atoms with Crippen LogP contribution in [0.3, 0.4) is 0 Å². The summed E-state index contributed by atoms with van der Waals surface area (Å²) in [5, 5.41) is 21.7. The number of phenolic OH excluding ortho intramolecular Hbond substituents is 2. The summed E-state index contributed by atoms with van der Waals surface area (Å²) in [6.07, 6.45) is 2.65. The summed E-state index contributed by atoms with van der Waals surface area (Å²) in [6, 6.07) is 14.7. The van der Waals surface area contributed by atoms with Gasteiger partial charge in [-0.1, -0.05) is 48.0 Å². The average Bonchev–Trinajstić information content (AvgIpc) is 3.03. The molecule has 0 radical (unpaired) electrons. The molecule has 0 bridgehead atoms. The molecule has 0 atom stereocenters. The number of imide groups is 1. The average molecular weight is 432 g/mol. The predicted molar refractivity (Wildman–Crippen MR) is 114 cm³/mol. The molecule has 31 heavy (non-hydrogen) atoms. The van der Waals surface area contributed by atoms with E-state index in [1.807, 2.05) is 36.4 Å². The van der Waals surface area contributed by atoms with E-state index < -0.39 is 23.3 Å². The molecule has 0 aliphatic carbocycles. The van der Waals surface area contributed by atoms with Gasteiger partial charge in [-0.05, 0) is 23.3 Å². The molecule has 1 aliphatic heterocycles. The molecule has 7 nitrogen and oxygen atoms in total. The van der Waals surface area contributed by atoms with Crippen LogP contribution in [0.25, 0.3) is 22.2 Å². The summed E-state index contributed by atoms with van der Waals surface area (Å²) in [5.41, 5.74) is 1.74. The third kappa shape index (κ3) is 2.90. The number of hydrogen-bond acceptors (Lipinski definition) is 6. The van der Waals surface area contributed by atoms with Crippen molar-refractivity contribution in [2.45, 2.75) is 6.54 Å². The van der Waals surface area contributed by atoms with Crippen molar-refractivity contribution < 1.29 is 19.8 Å². The zero-order chi connectivity index (χ0) is 21.7. The first-order chi connectivity index (χ1) is 15.0. The van der Waals surface area contributed by atoms with E-state index >= 15 is 0 Å². The van der Waals surface area contributed by atoms with Crippen LogP contribution in [0.4, 0.5) is 0 Å². The molecular weight excluding hydrogens is 418 g/mol. The second kappa shape index (κ2) is 7.07. The smallest absolute Gasteiger partial charge is 0.265 e. The molecule has 1 aliphatic rings. The first-order valence-corrected chi connectivity index (χ1v) is 9.74. The van der Waals surface area contributed by atoms with Crippen molar-refractivity contribution in [1.29, 1.82) is 0 Å². The van der Waals surface area contributed by atoms with Crippen molar-refractivity contribution >= 4 is 34.4 Å². The van der Waals surface area contributed by atoms with Gasteiger partial charge in [0.1, 0.15) is 22.2 Å². The van der Waals surface area contributed by atoms with Gasteiger partial charge in [-0.2, -0.15) is 0 Å². The summed E-state index contributed by atoms with van der Waals surface area (Å²) in [6.45, 7) is -0.0410. The van der Waals surface area contributed by atoms with Crippen molar-refractivity contribution in [1.82, 2.24) is 14.9 Å². The van der Waals surface area contributed by atoms with Gasteiger partial charge in [-0.25, -0.2) is 9.97 Å². The molecule has 8 heteroatoms. The van der Waals surface area contributed by atoms with Crippen LogP contribution in [0, 0.1) is 0 Å². The molecule has 3 aromatic carbocycles. The van der Waals surface area contributed by atoms with Gasteiger partial charge in [0.2, 0.25) is 0 Å². The minimum absolute atomic E-state index is 0.0394. The Kier molecular flexibility index (Phi) is 4.34. The molecular formula is C23H14ClN3O4. The fraction of sp³-hybridized carbons (Fsp3) is 0.0435.